The fourth-order valence-corrected chi connectivity index (χ4v) is 5.90. The molecule has 0 bridgehead atoms. The zero-order valence-corrected chi connectivity index (χ0v) is 24.3. The lowest BCUT2D eigenvalue weighted by atomic mass is 10.1. The van der Waals surface area contributed by atoms with Crippen LogP contribution >= 0.6 is 11.8 Å². The molecule has 222 valence electrons. The number of amides is 1. The van der Waals surface area contributed by atoms with Crippen LogP contribution in [0.25, 0.3) is 11.2 Å². The lowest BCUT2D eigenvalue weighted by Gasteiger charge is -2.23. The number of nitrogens with one attached hydrogen (secondary N) is 1. The van der Waals surface area contributed by atoms with E-state index in [0.29, 0.717) is 27.9 Å². The van der Waals surface area contributed by atoms with E-state index in [2.05, 4.69) is 20.3 Å². The van der Waals surface area contributed by atoms with Crippen LogP contribution in [0.4, 0.5) is 5.82 Å². The highest BCUT2D eigenvalue weighted by Gasteiger charge is 2.49. The van der Waals surface area contributed by atoms with Crippen LogP contribution in [-0.4, -0.2) is 67.7 Å². The Labute approximate surface area is 256 Å². The summed E-state index contributed by atoms with van der Waals surface area (Å²) in [7, 11) is 0. The molecule has 12 heteroatoms. The lowest BCUT2D eigenvalue weighted by Crippen LogP contribution is -2.37. The highest BCUT2D eigenvalue weighted by molar-refractivity contribution is 7.99. The van der Waals surface area contributed by atoms with Crippen molar-refractivity contribution in [3.05, 3.63) is 120 Å². The summed E-state index contributed by atoms with van der Waals surface area (Å²) < 4.78 is 19.8. The summed E-state index contributed by atoms with van der Waals surface area (Å²) in [6.45, 7) is -0.172. The number of fused-ring (bicyclic) bond motifs is 1. The first-order valence-corrected chi connectivity index (χ1v) is 15.0. The van der Waals surface area contributed by atoms with Gasteiger partial charge in [-0.3, -0.25) is 9.36 Å². The van der Waals surface area contributed by atoms with Crippen molar-refractivity contribution >= 4 is 46.6 Å². The van der Waals surface area contributed by atoms with Crippen LogP contribution in [0.2, 0.25) is 0 Å². The van der Waals surface area contributed by atoms with Crippen LogP contribution in [0.5, 0.6) is 0 Å². The SMILES string of the molecule is CSC1C(OC(=O)c2ccccc2)C(COC(=O)c2ccccc2)OC1n1cnc2ncnc(NC(=O)c3ccccc3)c21. The van der Waals surface area contributed by atoms with Gasteiger partial charge < -0.3 is 19.5 Å². The van der Waals surface area contributed by atoms with Crippen molar-refractivity contribution in [2.75, 3.05) is 18.2 Å². The van der Waals surface area contributed by atoms with Gasteiger partial charge in [-0.15, -0.1) is 0 Å². The fourth-order valence-electron chi connectivity index (χ4n) is 4.97. The summed E-state index contributed by atoms with van der Waals surface area (Å²) in [5, 5.41) is 2.39. The summed E-state index contributed by atoms with van der Waals surface area (Å²) >= 11 is 1.42. The minimum absolute atomic E-state index is 0.172. The number of benzene rings is 3. The Morgan fingerprint density at radius 1 is 0.841 bits per heavy atom. The first-order chi connectivity index (χ1) is 21.5. The zero-order valence-electron chi connectivity index (χ0n) is 23.5. The molecule has 0 saturated carbocycles. The van der Waals surface area contributed by atoms with Gasteiger partial charge in [0.05, 0.1) is 22.7 Å². The number of anilines is 1. The fraction of sp³-hybridized carbons (Fsp3) is 0.188. The molecule has 3 heterocycles. The van der Waals surface area contributed by atoms with Crippen LogP contribution in [0.1, 0.15) is 37.3 Å². The van der Waals surface area contributed by atoms with E-state index in [9.17, 15) is 14.4 Å². The predicted octanol–water partition coefficient (Wildman–Crippen LogP) is 4.79. The average molecular weight is 610 g/mol. The van der Waals surface area contributed by atoms with E-state index in [1.165, 1.54) is 18.1 Å². The molecular weight excluding hydrogens is 582 g/mol. The van der Waals surface area contributed by atoms with Gasteiger partial charge in [-0.1, -0.05) is 54.6 Å². The first kappa shape index (κ1) is 29.0. The second kappa shape index (κ2) is 13.1. The van der Waals surface area contributed by atoms with Crippen molar-refractivity contribution in [3.8, 4) is 0 Å². The van der Waals surface area contributed by atoms with Crippen LogP contribution in [0, 0.1) is 0 Å². The van der Waals surface area contributed by atoms with Crippen LogP contribution < -0.4 is 5.32 Å². The topological polar surface area (TPSA) is 135 Å². The Morgan fingerprint density at radius 3 is 2.09 bits per heavy atom. The van der Waals surface area contributed by atoms with E-state index < -0.39 is 35.6 Å². The van der Waals surface area contributed by atoms with Gasteiger partial charge in [-0.05, 0) is 42.7 Å². The van der Waals surface area contributed by atoms with Gasteiger partial charge in [0.2, 0.25) is 0 Å². The minimum Gasteiger partial charge on any atom is -0.459 e. The van der Waals surface area contributed by atoms with E-state index >= 15 is 0 Å². The molecule has 2 aromatic heterocycles. The molecule has 6 rings (SSSR count). The highest BCUT2D eigenvalue weighted by atomic mass is 32.2. The van der Waals surface area contributed by atoms with Gasteiger partial charge in [0.1, 0.15) is 30.7 Å². The maximum absolute atomic E-state index is 13.2. The Morgan fingerprint density at radius 2 is 1.45 bits per heavy atom. The molecule has 1 saturated heterocycles. The van der Waals surface area contributed by atoms with E-state index in [-0.39, 0.29) is 18.3 Å². The van der Waals surface area contributed by atoms with Gasteiger partial charge in [0.15, 0.2) is 17.7 Å². The lowest BCUT2D eigenvalue weighted by molar-refractivity contribution is -0.0561. The van der Waals surface area contributed by atoms with Crippen molar-refractivity contribution in [2.24, 2.45) is 0 Å². The quantitative estimate of drug-likeness (QED) is 0.233. The molecule has 3 aromatic carbocycles. The number of imidazole rings is 1. The summed E-state index contributed by atoms with van der Waals surface area (Å²) in [6, 6.07) is 26.0. The highest BCUT2D eigenvalue weighted by Crippen LogP contribution is 2.41. The maximum Gasteiger partial charge on any atom is 0.338 e. The standard InChI is InChI=1S/C32H27N5O6S/c1-44-26-25(43-32(40)22-15-9-4-10-16-22)23(17-41-31(39)21-13-7-3-8-14-21)42-30(26)37-19-35-27-24(37)28(34-18-33-27)36-29(38)20-11-5-2-6-12-20/h2-16,18-19,23,25-26,30H,17H2,1H3,(H,33,34,36,38). The third-order valence-electron chi connectivity index (χ3n) is 7.11. The Bertz CT molecular complexity index is 1770. The number of hydrogen-bond acceptors (Lipinski definition) is 10. The monoisotopic (exact) mass is 609 g/mol. The van der Waals surface area contributed by atoms with Crippen molar-refractivity contribution in [1.82, 2.24) is 19.5 Å². The Balaban J connectivity index is 1.32. The normalized spacial score (nSPS) is 19.4. The average Bonchev–Trinajstić information content (AvgIpc) is 3.66. The molecule has 11 nitrogen and oxygen atoms in total. The molecule has 1 aliphatic heterocycles. The largest absolute Gasteiger partial charge is 0.459 e. The number of ether oxygens (including phenoxy) is 3. The van der Waals surface area contributed by atoms with E-state index in [1.54, 1.807) is 89.8 Å². The van der Waals surface area contributed by atoms with E-state index in [1.807, 2.05) is 18.4 Å². The molecule has 0 radical (unpaired) electrons. The van der Waals surface area contributed by atoms with Crippen molar-refractivity contribution in [2.45, 2.75) is 23.7 Å². The van der Waals surface area contributed by atoms with Crippen molar-refractivity contribution in [1.29, 1.82) is 0 Å². The second-order valence-corrected chi connectivity index (χ2v) is 10.8. The number of carbonyl (C=O) groups excluding carboxylic acids is 3. The summed E-state index contributed by atoms with van der Waals surface area (Å²) in [4.78, 5) is 52.0. The number of nitrogens with zero attached hydrogens (tertiary/aromatic N) is 4. The molecule has 0 aliphatic carbocycles. The minimum atomic E-state index is -0.817. The Hall–Kier alpha value is -5.07. The van der Waals surface area contributed by atoms with Crippen molar-refractivity contribution in [3.63, 3.8) is 0 Å². The molecule has 5 aromatic rings. The molecule has 1 N–H and O–H groups in total. The summed E-state index contributed by atoms with van der Waals surface area (Å²) in [5.41, 5.74) is 1.98. The number of hydrogen-bond donors (Lipinski definition) is 1. The summed E-state index contributed by atoms with van der Waals surface area (Å²) in [5.74, 6) is -1.18. The van der Waals surface area contributed by atoms with Crippen LogP contribution in [0.15, 0.2) is 104 Å². The molecule has 1 aliphatic rings. The number of rotatable bonds is 9. The van der Waals surface area contributed by atoms with Gasteiger partial charge in [0, 0.05) is 5.56 Å². The molecular formula is C32H27N5O6S. The van der Waals surface area contributed by atoms with E-state index in [0.717, 1.165) is 0 Å². The van der Waals surface area contributed by atoms with Crippen LogP contribution in [0.3, 0.4) is 0 Å². The summed E-state index contributed by atoms with van der Waals surface area (Å²) in [6.07, 6.45) is 2.36. The van der Waals surface area contributed by atoms with Gasteiger partial charge in [-0.25, -0.2) is 24.5 Å². The smallest absolute Gasteiger partial charge is 0.338 e. The van der Waals surface area contributed by atoms with Crippen molar-refractivity contribution < 1.29 is 28.6 Å². The molecule has 4 atom stereocenters. The second-order valence-electron chi connectivity index (χ2n) is 9.83. The third-order valence-corrected chi connectivity index (χ3v) is 8.15. The van der Waals surface area contributed by atoms with Gasteiger partial charge >= 0.3 is 11.9 Å². The number of esters is 2. The molecule has 44 heavy (non-hydrogen) atoms. The van der Waals surface area contributed by atoms with E-state index in [4.69, 9.17) is 14.2 Å². The third kappa shape index (κ3) is 6.03. The van der Waals surface area contributed by atoms with Crippen LogP contribution in [-0.2, 0) is 14.2 Å². The zero-order chi connectivity index (χ0) is 30.5. The number of aromatic nitrogens is 4. The molecule has 4 unspecified atom stereocenters. The molecule has 1 fully saturated rings. The van der Waals surface area contributed by atoms with Gasteiger partial charge in [0.25, 0.3) is 5.91 Å². The first-order valence-electron chi connectivity index (χ1n) is 13.7. The Kier molecular flexibility index (Phi) is 8.62. The number of carbonyl (C=O) groups is 3. The number of thioether (sulfide) groups is 1. The molecule has 0 spiro atoms. The molecule has 1 amide bonds. The maximum atomic E-state index is 13.2. The predicted molar refractivity (Wildman–Crippen MR) is 163 cm³/mol. The van der Waals surface area contributed by atoms with Gasteiger partial charge in [-0.2, -0.15) is 11.8 Å².